The van der Waals surface area contributed by atoms with Crippen LogP contribution in [0.4, 0.5) is 8.78 Å². The number of nitrogens with zero attached hydrogens (tertiary/aromatic N) is 2. The van der Waals surface area contributed by atoms with E-state index in [0.29, 0.717) is 44.2 Å². The Kier molecular flexibility index (Phi) is 9.82. The third kappa shape index (κ3) is 6.37. The van der Waals surface area contributed by atoms with Gasteiger partial charge in [0.2, 0.25) is 0 Å². The molecule has 2 rings (SSSR count). The fourth-order valence-electron chi connectivity index (χ4n) is 2.96. The van der Waals surface area contributed by atoms with Crippen LogP contribution in [-0.4, -0.2) is 50.1 Å². The molecule has 0 spiro atoms. The van der Waals surface area contributed by atoms with E-state index < -0.39 is 11.6 Å². The molecule has 0 radical (unpaired) electrons. The first-order valence-electron chi connectivity index (χ1n) is 8.61. The van der Waals surface area contributed by atoms with Gasteiger partial charge in [-0.15, -0.1) is 24.0 Å². The monoisotopic (exact) mass is 481 g/mol. The van der Waals surface area contributed by atoms with Crippen molar-refractivity contribution in [1.82, 2.24) is 10.2 Å². The highest BCUT2D eigenvalue weighted by Crippen LogP contribution is 2.18. The number of halogens is 3. The van der Waals surface area contributed by atoms with E-state index in [0.717, 1.165) is 25.0 Å². The molecule has 1 aromatic carbocycles. The second-order valence-corrected chi connectivity index (χ2v) is 5.97. The van der Waals surface area contributed by atoms with Gasteiger partial charge in [0, 0.05) is 26.7 Å². The van der Waals surface area contributed by atoms with Gasteiger partial charge < -0.3 is 15.0 Å². The van der Waals surface area contributed by atoms with Crippen LogP contribution in [0.15, 0.2) is 23.2 Å². The number of carbonyl (C=O) groups is 1. The minimum Gasteiger partial charge on any atom is -0.466 e. The first-order chi connectivity index (χ1) is 12.0. The van der Waals surface area contributed by atoms with Gasteiger partial charge in [-0.3, -0.25) is 9.79 Å². The lowest BCUT2D eigenvalue weighted by atomic mass is 9.97. The Balaban J connectivity index is 0.00000338. The molecule has 26 heavy (non-hydrogen) atoms. The number of aliphatic imine (C=N–C) groups is 1. The summed E-state index contributed by atoms with van der Waals surface area (Å²) in [6.07, 6.45) is 1.80. The fraction of sp³-hybridized carbons (Fsp3) is 0.556. The number of carbonyl (C=O) groups excluding carboxylic acids is 1. The number of guanidine groups is 1. The molecular weight excluding hydrogens is 455 g/mol. The molecule has 8 heteroatoms. The van der Waals surface area contributed by atoms with Gasteiger partial charge in [0.05, 0.1) is 12.5 Å². The molecule has 1 N–H and O–H groups in total. The minimum atomic E-state index is -0.443. The van der Waals surface area contributed by atoms with Gasteiger partial charge in [-0.05, 0) is 49.9 Å². The van der Waals surface area contributed by atoms with E-state index in [4.69, 9.17) is 4.74 Å². The summed E-state index contributed by atoms with van der Waals surface area (Å²) in [5, 5.41) is 3.17. The second-order valence-electron chi connectivity index (χ2n) is 5.97. The molecule has 1 aromatic rings. The number of ether oxygens (including phenoxy) is 1. The molecule has 0 aliphatic carbocycles. The molecule has 0 atom stereocenters. The van der Waals surface area contributed by atoms with Crippen LogP contribution in [0.3, 0.4) is 0 Å². The van der Waals surface area contributed by atoms with Crippen LogP contribution in [-0.2, 0) is 16.0 Å². The lowest BCUT2D eigenvalue weighted by molar-refractivity contribution is -0.149. The van der Waals surface area contributed by atoms with Gasteiger partial charge >= 0.3 is 5.97 Å². The van der Waals surface area contributed by atoms with Crippen molar-refractivity contribution in [1.29, 1.82) is 0 Å². The fourth-order valence-corrected chi connectivity index (χ4v) is 2.96. The van der Waals surface area contributed by atoms with Gasteiger partial charge in [-0.2, -0.15) is 0 Å². The lowest BCUT2D eigenvalue weighted by Gasteiger charge is -2.33. The van der Waals surface area contributed by atoms with Crippen molar-refractivity contribution in [2.24, 2.45) is 10.9 Å². The van der Waals surface area contributed by atoms with Crippen LogP contribution in [0.1, 0.15) is 25.3 Å². The van der Waals surface area contributed by atoms with Gasteiger partial charge in [0.25, 0.3) is 0 Å². The summed E-state index contributed by atoms with van der Waals surface area (Å²) in [5.74, 6) is -0.336. The smallest absolute Gasteiger partial charge is 0.309 e. The Labute approximate surface area is 170 Å². The van der Waals surface area contributed by atoms with Crippen LogP contribution < -0.4 is 5.32 Å². The van der Waals surface area contributed by atoms with Crippen molar-refractivity contribution < 1.29 is 18.3 Å². The molecule has 0 unspecified atom stereocenters. The molecule has 0 amide bonds. The molecule has 5 nitrogen and oxygen atoms in total. The SMILES string of the molecule is CCOC(=O)C1CCN(C(=NC)NCCc2cc(F)ccc2F)CC1.I. The third-order valence-corrected chi connectivity index (χ3v) is 4.31. The zero-order valence-electron chi connectivity index (χ0n) is 15.1. The van der Waals surface area contributed by atoms with Gasteiger partial charge in [-0.1, -0.05) is 0 Å². The summed E-state index contributed by atoms with van der Waals surface area (Å²) in [4.78, 5) is 18.1. The molecule has 1 saturated heterocycles. The maximum absolute atomic E-state index is 13.6. The lowest BCUT2D eigenvalue weighted by Crippen LogP contribution is -2.47. The Morgan fingerprint density at radius 3 is 2.65 bits per heavy atom. The zero-order chi connectivity index (χ0) is 18.2. The Hall–Kier alpha value is -1.45. The normalized spacial score (nSPS) is 15.4. The van der Waals surface area contributed by atoms with E-state index in [1.165, 1.54) is 6.07 Å². The summed E-state index contributed by atoms with van der Waals surface area (Å²) < 4.78 is 31.9. The molecule has 1 aliphatic heterocycles. The van der Waals surface area contributed by atoms with Crippen LogP contribution in [0.2, 0.25) is 0 Å². The molecule has 1 heterocycles. The molecule has 0 saturated carbocycles. The van der Waals surface area contributed by atoms with E-state index in [1.807, 2.05) is 0 Å². The van der Waals surface area contributed by atoms with E-state index in [1.54, 1.807) is 14.0 Å². The van der Waals surface area contributed by atoms with Crippen LogP contribution >= 0.6 is 24.0 Å². The predicted molar refractivity (Wildman–Crippen MR) is 108 cm³/mol. The van der Waals surface area contributed by atoms with Crippen LogP contribution in [0.25, 0.3) is 0 Å². The molecule has 0 aromatic heterocycles. The molecule has 1 fully saturated rings. The predicted octanol–water partition coefficient (Wildman–Crippen LogP) is 2.98. The number of benzene rings is 1. The van der Waals surface area contributed by atoms with Crippen molar-refractivity contribution in [3.05, 3.63) is 35.4 Å². The van der Waals surface area contributed by atoms with Gasteiger partial charge in [-0.25, -0.2) is 8.78 Å². The summed E-state index contributed by atoms with van der Waals surface area (Å²) in [7, 11) is 1.68. The van der Waals surface area contributed by atoms with E-state index in [9.17, 15) is 13.6 Å². The average Bonchev–Trinajstić information content (AvgIpc) is 2.62. The second kappa shape index (κ2) is 11.3. The molecule has 146 valence electrons. The summed E-state index contributed by atoms with van der Waals surface area (Å²) in [6, 6.07) is 3.46. The Morgan fingerprint density at radius 2 is 2.04 bits per heavy atom. The quantitative estimate of drug-likeness (QED) is 0.304. The average molecular weight is 481 g/mol. The number of nitrogens with one attached hydrogen (secondary N) is 1. The van der Waals surface area contributed by atoms with E-state index >= 15 is 0 Å². The third-order valence-electron chi connectivity index (χ3n) is 4.31. The first kappa shape index (κ1) is 22.6. The zero-order valence-corrected chi connectivity index (χ0v) is 17.5. The topological polar surface area (TPSA) is 53.9 Å². The Bertz CT molecular complexity index is 620. The standard InChI is InChI=1S/C18H25F2N3O2.HI/c1-3-25-17(24)13-7-10-23(11-8-13)18(21-2)22-9-6-14-12-15(19)4-5-16(14)20;/h4-5,12-13H,3,6-11H2,1-2H3,(H,21,22);1H. The number of hydrogen-bond acceptors (Lipinski definition) is 3. The summed E-state index contributed by atoms with van der Waals surface area (Å²) >= 11 is 0. The highest BCUT2D eigenvalue weighted by Gasteiger charge is 2.27. The van der Waals surface area contributed by atoms with Gasteiger partial charge in [0.15, 0.2) is 5.96 Å². The van der Waals surface area contributed by atoms with Crippen molar-refractivity contribution in [3.63, 3.8) is 0 Å². The van der Waals surface area contributed by atoms with E-state index in [2.05, 4.69) is 15.2 Å². The number of rotatable bonds is 5. The Morgan fingerprint density at radius 1 is 1.35 bits per heavy atom. The number of piperidine rings is 1. The minimum absolute atomic E-state index is 0. The number of likely N-dealkylation sites (tertiary alicyclic amines) is 1. The van der Waals surface area contributed by atoms with Crippen molar-refractivity contribution >= 4 is 35.9 Å². The van der Waals surface area contributed by atoms with Crippen molar-refractivity contribution in [3.8, 4) is 0 Å². The maximum atomic E-state index is 13.6. The van der Waals surface area contributed by atoms with Gasteiger partial charge in [0.1, 0.15) is 11.6 Å². The van der Waals surface area contributed by atoms with Crippen LogP contribution in [0, 0.1) is 17.6 Å². The summed E-state index contributed by atoms with van der Waals surface area (Å²) in [5.41, 5.74) is 0.337. The summed E-state index contributed by atoms with van der Waals surface area (Å²) in [6.45, 7) is 4.07. The number of hydrogen-bond donors (Lipinski definition) is 1. The first-order valence-corrected chi connectivity index (χ1v) is 8.61. The largest absolute Gasteiger partial charge is 0.466 e. The highest BCUT2D eigenvalue weighted by atomic mass is 127. The van der Waals surface area contributed by atoms with Crippen molar-refractivity contribution in [2.45, 2.75) is 26.2 Å². The van der Waals surface area contributed by atoms with E-state index in [-0.39, 0.29) is 35.9 Å². The highest BCUT2D eigenvalue weighted by molar-refractivity contribution is 14.0. The van der Waals surface area contributed by atoms with Crippen LogP contribution in [0.5, 0.6) is 0 Å². The molecular formula is C18H26F2IN3O2. The maximum Gasteiger partial charge on any atom is 0.309 e. The number of esters is 1. The molecule has 1 aliphatic rings. The molecule has 0 bridgehead atoms. The van der Waals surface area contributed by atoms with Crippen molar-refractivity contribution in [2.75, 3.05) is 33.3 Å².